The topological polar surface area (TPSA) is 371 Å². The minimum Gasteiger partial charge on any atom is -0.461 e. The van der Waals surface area contributed by atoms with Gasteiger partial charge in [-0.2, -0.15) is 0 Å². The van der Waals surface area contributed by atoms with E-state index in [1.165, 1.54) is 19.6 Å². The Balaban J connectivity index is 0.894. The summed E-state index contributed by atoms with van der Waals surface area (Å²) in [4.78, 5) is 13.8. The molecule has 1 spiro atoms. The van der Waals surface area contributed by atoms with Crippen molar-refractivity contribution in [3.05, 3.63) is 23.8 Å². The van der Waals surface area contributed by atoms with E-state index in [2.05, 4.69) is 40.3 Å². The van der Waals surface area contributed by atoms with E-state index in [9.17, 15) is 66.1 Å². The van der Waals surface area contributed by atoms with Gasteiger partial charge in [-0.3, -0.25) is 4.79 Å². The van der Waals surface area contributed by atoms with Gasteiger partial charge < -0.3 is 118 Å². The van der Waals surface area contributed by atoms with Gasteiger partial charge in [-0.05, 0) is 75.0 Å². The summed E-state index contributed by atoms with van der Waals surface area (Å²) < 4.78 is 72.2. The average Bonchev–Trinajstić information content (AvgIpc) is 4.00. The molecule has 6 aliphatic heterocycles. The SMILES string of the molecule is C=C(C)[C@H]1[C@@H]2C[C@@]3(C)C4=CCC5C(C)(C)[C@@H](O[C@@H]6OC[C@@H](O)[C@H](O)[C@H]6O[C@@H]6O[C@H](C)[C@@H](O[C@@H]7O[C@H](CO)[C@@H](O)[C@H](O[C@@H]8OC[C@@H](O)[C@H](OC)[C@H]8O)[C@H]7O)[C@H](O)[C@H]6O[C@@H]6O[C@H](CO)[C@@H](O)[C@H](O)[C@H]6O)CC[C@]5(C)C4CC[C@]13C(=O)O2. The molecular formula is C54H84O25. The van der Waals surface area contributed by atoms with Crippen molar-refractivity contribution in [3.63, 3.8) is 0 Å². The van der Waals surface area contributed by atoms with Gasteiger partial charge in [0, 0.05) is 18.4 Å². The number of carbonyl (C=O) groups is 1. The Hall–Kier alpha value is -1.97. The fraction of sp³-hybridized carbons (Fsp3) is 0.907. The maximum atomic E-state index is 13.8. The third kappa shape index (κ3) is 9.72. The number of aliphatic hydroxyl groups is 12. The van der Waals surface area contributed by atoms with Gasteiger partial charge in [0.2, 0.25) is 0 Å². The molecule has 25 nitrogen and oxygen atoms in total. The van der Waals surface area contributed by atoms with E-state index in [1.807, 2.05) is 6.92 Å². The summed E-state index contributed by atoms with van der Waals surface area (Å²) >= 11 is 0. The lowest BCUT2D eigenvalue weighted by atomic mass is 9.40. The number of esters is 1. The molecule has 2 bridgehead atoms. The number of carbonyl (C=O) groups excluding carboxylic acids is 1. The molecule has 10 aliphatic rings. The van der Waals surface area contributed by atoms with Gasteiger partial charge in [0.1, 0.15) is 110 Å². The van der Waals surface area contributed by atoms with Crippen LogP contribution in [0.3, 0.4) is 0 Å². The number of hydrogen-bond donors (Lipinski definition) is 12. The lowest BCUT2D eigenvalue weighted by Gasteiger charge is -2.64. The van der Waals surface area contributed by atoms with E-state index in [0.717, 1.165) is 24.8 Å². The van der Waals surface area contributed by atoms with Crippen LogP contribution in [0.5, 0.6) is 0 Å². The standard InChI is InChI=1S/C54H84O25/c1-20(2)31-26-15-53(7)23-9-10-29-51(4,5)30(12-13-52(29,6)22(23)11-14-54(31,53)50(67)74-26)75-48-43(32(59)24(57)18-70-48)79-49-44(78-46-36(63)35(62)33(60)27(16-55)72-46)37(64)40(21(3)71-49)76-47-39(66)42(34(61)28(17-56)73-47)77-45-38(65)41(68-8)25(58)19-69-45/h9,21-22,24-49,55-66H,1,10-19H2,2-8H3/t21-,22?,24-,25-,26+,27-,28-,29?,30+,31+,32+,33-,34-,35+,36-,37+,38-,39-,40-,41+,42+,43-,44-,45+,46+,47+,48+,49+,52-,53+,54-/m1/s1. The van der Waals surface area contributed by atoms with Crippen LogP contribution in [0.4, 0.5) is 0 Å². The van der Waals surface area contributed by atoms with Gasteiger partial charge in [-0.15, -0.1) is 0 Å². The number of rotatable bonds is 14. The van der Waals surface area contributed by atoms with E-state index in [4.69, 9.17) is 56.8 Å². The highest BCUT2D eigenvalue weighted by Crippen LogP contribution is 2.76. The third-order valence-corrected chi connectivity index (χ3v) is 20.3. The van der Waals surface area contributed by atoms with Gasteiger partial charge in [0.05, 0.1) is 44.1 Å². The molecule has 10 rings (SSSR count). The Bertz CT molecular complexity index is 2220. The maximum absolute atomic E-state index is 13.8. The van der Waals surface area contributed by atoms with Crippen molar-refractivity contribution in [1.82, 2.24) is 0 Å². The first-order valence-corrected chi connectivity index (χ1v) is 27.9. The highest BCUT2D eigenvalue weighted by atomic mass is 16.8. The molecule has 0 aromatic heterocycles. The maximum Gasteiger partial charge on any atom is 0.314 e. The Kier molecular flexibility index (Phi) is 17.1. The molecule has 31 atom stereocenters. The average molecular weight is 1130 g/mol. The second kappa shape index (κ2) is 22.5. The molecule has 25 heteroatoms. The van der Waals surface area contributed by atoms with Crippen molar-refractivity contribution in [2.45, 2.75) is 234 Å². The molecule has 2 unspecified atom stereocenters. The molecule has 9 fully saturated rings. The van der Waals surface area contributed by atoms with Crippen LogP contribution in [-0.4, -0.2) is 254 Å². The fourth-order valence-corrected chi connectivity index (χ4v) is 16.2. The van der Waals surface area contributed by atoms with E-state index in [-0.39, 0.29) is 53.9 Å². The summed E-state index contributed by atoms with van der Waals surface area (Å²) in [5.74, 6) is 0.129. The zero-order chi connectivity index (χ0) is 57.2. The van der Waals surface area contributed by atoms with Gasteiger partial charge in [-0.25, -0.2) is 0 Å². The van der Waals surface area contributed by atoms with Crippen LogP contribution >= 0.6 is 0 Å². The van der Waals surface area contributed by atoms with E-state index >= 15 is 0 Å². The largest absolute Gasteiger partial charge is 0.461 e. The zero-order valence-corrected chi connectivity index (χ0v) is 45.7. The zero-order valence-electron chi connectivity index (χ0n) is 45.7. The van der Waals surface area contributed by atoms with Crippen molar-refractivity contribution >= 4 is 5.97 Å². The van der Waals surface area contributed by atoms with E-state index in [0.29, 0.717) is 19.3 Å². The predicted molar refractivity (Wildman–Crippen MR) is 264 cm³/mol. The number of hydrogen-bond acceptors (Lipinski definition) is 25. The van der Waals surface area contributed by atoms with E-state index < -0.39 is 171 Å². The monoisotopic (exact) mass is 1130 g/mol. The summed E-state index contributed by atoms with van der Waals surface area (Å²) in [5.41, 5.74) is 0.565. The van der Waals surface area contributed by atoms with Crippen LogP contribution in [0, 0.1) is 39.4 Å². The summed E-state index contributed by atoms with van der Waals surface area (Å²) in [5, 5.41) is 132. The van der Waals surface area contributed by atoms with Gasteiger partial charge in [-0.1, -0.05) is 51.5 Å². The summed E-state index contributed by atoms with van der Waals surface area (Å²) in [6.45, 7) is 14.3. The van der Waals surface area contributed by atoms with Crippen LogP contribution in [0.2, 0.25) is 0 Å². The second-order valence-electron chi connectivity index (χ2n) is 25.0. The molecule has 12 N–H and O–H groups in total. The molecule has 6 heterocycles. The van der Waals surface area contributed by atoms with Gasteiger partial charge in [0.25, 0.3) is 0 Å². The predicted octanol–water partition coefficient (Wildman–Crippen LogP) is -2.88. The number of methoxy groups -OCH3 is 1. The first kappa shape index (κ1) is 60.2. The molecular weight excluding hydrogens is 1050 g/mol. The van der Waals surface area contributed by atoms with Crippen LogP contribution in [-0.2, 0) is 61.6 Å². The summed E-state index contributed by atoms with van der Waals surface area (Å²) in [7, 11) is 1.24. The Morgan fingerprint density at radius 2 is 1.24 bits per heavy atom. The number of aliphatic hydroxyl groups excluding tert-OH is 12. The normalized spacial score (nSPS) is 54.3. The minimum atomic E-state index is -2.00. The molecule has 3 saturated carbocycles. The van der Waals surface area contributed by atoms with Crippen molar-refractivity contribution in [1.29, 1.82) is 0 Å². The highest BCUT2D eigenvalue weighted by Gasteiger charge is 2.76. The highest BCUT2D eigenvalue weighted by molar-refractivity contribution is 5.84. The van der Waals surface area contributed by atoms with Gasteiger partial charge >= 0.3 is 5.97 Å². The molecule has 6 saturated heterocycles. The molecule has 4 aliphatic carbocycles. The molecule has 0 radical (unpaired) electrons. The summed E-state index contributed by atoms with van der Waals surface area (Å²) in [6, 6.07) is 0. The molecule has 0 aromatic carbocycles. The first-order chi connectivity index (χ1) is 37.3. The fourth-order valence-electron chi connectivity index (χ4n) is 16.2. The molecule has 0 aromatic rings. The second-order valence-corrected chi connectivity index (χ2v) is 25.0. The lowest BCUT2D eigenvalue weighted by Crippen LogP contribution is -2.68. The summed E-state index contributed by atoms with van der Waals surface area (Å²) in [6.07, 6.45) is -32.1. The quantitative estimate of drug-likeness (QED) is 0.0614. The smallest absolute Gasteiger partial charge is 0.314 e. The minimum absolute atomic E-state index is 0.0365. The van der Waals surface area contributed by atoms with Crippen LogP contribution in [0.1, 0.15) is 80.1 Å². The third-order valence-electron chi connectivity index (χ3n) is 20.3. The molecule has 0 amide bonds. The number of ether oxygens (including phenoxy) is 12. The van der Waals surface area contributed by atoms with Crippen LogP contribution in [0.25, 0.3) is 0 Å². The lowest BCUT2D eigenvalue weighted by molar-refractivity contribution is -0.405. The van der Waals surface area contributed by atoms with Crippen LogP contribution < -0.4 is 0 Å². The Morgan fingerprint density at radius 3 is 1.91 bits per heavy atom. The van der Waals surface area contributed by atoms with Crippen molar-refractivity contribution < 1.29 is 123 Å². The van der Waals surface area contributed by atoms with Crippen molar-refractivity contribution in [3.8, 4) is 0 Å². The first-order valence-electron chi connectivity index (χ1n) is 27.9. The molecule has 450 valence electrons. The molecule has 79 heavy (non-hydrogen) atoms. The Morgan fingerprint density at radius 1 is 0.646 bits per heavy atom. The Labute approximate surface area is 458 Å². The number of allylic oxidation sites excluding steroid dienone is 2. The van der Waals surface area contributed by atoms with Crippen molar-refractivity contribution in [2.24, 2.45) is 39.4 Å². The number of fused-ring (bicyclic) bond motifs is 5. The van der Waals surface area contributed by atoms with Crippen LogP contribution in [0.15, 0.2) is 23.8 Å². The van der Waals surface area contributed by atoms with Gasteiger partial charge in [0.15, 0.2) is 31.5 Å². The van der Waals surface area contributed by atoms with E-state index in [1.54, 1.807) is 0 Å². The van der Waals surface area contributed by atoms with Crippen molar-refractivity contribution in [2.75, 3.05) is 33.5 Å².